The van der Waals surface area contributed by atoms with E-state index in [4.69, 9.17) is 0 Å². The van der Waals surface area contributed by atoms with Gasteiger partial charge < -0.3 is 19.6 Å². The van der Waals surface area contributed by atoms with Crippen LogP contribution in [0.3, 0.4) is 0 Å². The van der Waals surface area contributed by atoms with Gasteiger partial charge in [-0.25, -0.2) is 0 Å². The fourth-order valence-electron chi connectivity index (χ4n) is 17.9. The van der Waals surface area contributed by atoms with Crippen LogP contribution in [0, 0.1) is 6.92 Å². The molecule has 0 spiro atoms. The van der Waals surface area contributed by atoms with Crippen LogP contribution in [0.1, 0.15) is 148 Å². The molecule has 7 heteroatoms. The quantitative estimate of drug-likeness (QED) is 0.163. The van der Waals surface area contributed by atoms with Crippen LogP contribution in [-0.2, 0) is 21.7 Å². The average Bonchev–Trinajstić information content (AvgIpc) is 1.43. The zero-order chi connectivity index (χ0) is 58.8. The van der Waals surface area contributed by atoms with E-state index >= 15 is 0 Å². The van der Waals surface area contributed by atoms with Crippen LogP contribution in [0.15, 0.2) is 170 Å². The second-order valence-corrected chi connectivity index (χ2v) is 31.7. The lowest BCUT2D eigenvalue weighted by Crippen LogP contribution is -2.61. The standard InChI is InChI=1S/C79H77BN4S2/c1-48-41-67-72-68(42-48)82(64-24-20-23-56-54-21-12-15-26-70(54)86-73(56)64)66-47-53(84-63-35-28-50(75(5,6)7)44-59(63)77(9)38-17-19-40-79(77,84)11)30-33-61(66)80(72)60-32-29-52(46-65(60)81(67)51-31-36-71-57(45-51)55-22-13-14-25-69(55)85-71)83-62-34-27-49(74(2,3)4)43-58(62)76(8)37-16-18-39-78(76,83)10/h12-15,20-36,41-47H,16-19,37-40H2,1-11H3. The van der Waals surface area contributed by atoms with E-state index in [1.165, 1.54) is 180 Å². The van der Waals surface area contributed by atoms with Gasteiger partial charge in [-0.1, -0.05) is 166 Å². The van der Waals surface area contributed by atoms with Gasteiger partial charge in [0.1, 0.15) is 0 Å². The first kappa shape index (κ1) is 53.0. The first-order valence-electron chi connectivity index (χ1n) is 32.0. The van der Waals surface area contributed by atoms with Gasteiger partial charge >= 0.3 is 0 Å². The summed E-state index contributed by atoms with van der Waals surface area (Å²) in [6, 6.07) is 67.9. The van der Waals surface area contributed by atoms with Crippen molar-refractivity contribution in [2.45, 2.75) is 160 Å². The number of fused-ring (bicyclic) bond motifs is 16. The number of rotatable bonds is 4. The molecule has 0 saturated heterocycles. The van der Waals surface area contributed by atoms with E-state index in [1.54, 1.807) is 0 Å². The molecule has 6 heterocycles. The summed E-state index contributed by atoms with van der Waals surface area (Å²) in [6.07, 6.45) is 9.65. The Morgan fingerprint density at radius 1 is 0.395 bits per heavy atom. The van der Waals surface area contributed by atoms with E-state index in [2.05, 4.69) is 266 Å². The van der Waals surface area contributed by atoms with Gasteiger partial charge in [0, 0.05) is 97.7 Å². The number of aryl methyl sites for hydroxylation is 1. The molecule has 0 radical (unpaired) electrons. The third-order valence-corrected chi connectivity index (χ3v) is 25.2. The Labute approximate surface area is 517 Å². The predicted octanol–water partition coefficient (Wildman–Crippen LogP) is 20.9. The summed E-state index contributed by atoms with van der Waals surface area (Å²) in [5.41, 5.74) is 23.9. The monoisotopic (exact) mass is 1160 g/mol. The Bertz CT molecular complexity index is 4730. The van der Waals surface area contributed by atoms with Crippen molar-refractivity contribution in [1.82, 2.24) is 0 Å². The third-order valence-electron chi connectivity index (χ3n) is 22.9. The summed E-state index contributed by atoms with van der Waals surface area (Å²) in [5, 5.41) is 5.27. The molecule has 4 aliphatic heterocycles. The predicted molar refractivity (Wildman–Crippen MR) is 374 cm³/mol. The second-order valence-electron chi connectivity index (χ2n) is 29.6. The van der Waals surface area contributed by atoms with Crippen LogP contribution in [-0.4, -0.2) is 17.8 Å². The Balaban J connectivity index is 0.941. The Hall–Kier alpha value is -7.32. The minimum atomic E-state index is -0.109. The lowest BCUT2D eigenvalue weighted by atomic mass is 9.33. The van der Waals surface area contributed by atoms with Crippen LogP contribution in [0.2, 0.25) is 0 Å². The lowest BCUT2D eigenvalue weighted by molar-refractivity contribution is 0.195. The number of benzene rings is 9. The number of thiophene rings is 2. The number of nitrogens with zero attached hydrogens (tertiary/aromatic N) is 4. The van der Waals surface area contributed by atoms with Gasteiger partial charge in [0.2, 0.25) is 0 Å². The second kappa shape index (κ2) is 17.9. The molecule has 428 valence electrons. The van der Waals surface area contributed by atoms with Gasteiger partial charge in [-0.15, -0.1) is 22.7 Å². The molecule has 0 N–H and O–H groups in total. The van der Waals surface area contributed by atoms with Gasteiger partial charge in [0.25, 0.3) is 6.71 Å². The SMILES string of the molecule is Cc1cc2c3c(c1)N(c1cccc4c1sc1ccccc14)c1cc(N4c5ccc(C(C)(C)C)cc5C5(C)CCCCC45C)ccc1B3c1ccc(N3c4ccc(C(C)(C)C)cc4C4(C)CCCCC34C)cc1N2c1ccc2sc3ccccc3c2c1. The molecule has 0 amide bonds. The lowest BCUT2D eigenvalue weighted by Gasteiger charge is -2.51. The molecular weight excluding hydrogens is 1080 g/mol. The van der Waals surface area contributed by atoms with E-state index in [0.29, 0.717) is 0 Å². The molecule has 4 unspecified atom stereocenters. The molecule has 0 bridgehead atoms. The minimum absolute atomic E-state index is 0.00129. The van der Waals surface area contributed by atoms with Gasteiger partial charge in [-0.2, -0.15) is 0 Å². The van der Waals surface area contributed by atoms with Gasteiger partial charge in [0.05, 0.1) is 21.5 Å². The number of anilines is 10. The van der Waals surface area contributed by atoms with Gasteiger partial charge in [-0.3, -0.25) is 0 Å². The Morgan fingerprint density at radius 2 is 0.884 bits per heavy atom. The zero-order valence-electron chi connectivity index (χ0n) is 52.0. The van der Waals surface area contributed by atoms with Crippen LogP contribution in [0.5, 0.6) is 0 Å². The topological polar surface area (TPSA) is 13.0 Å². The highest BCUT2D eigenvalue weighted by molar-refractivity contribution is 7.26. The van der Waals surface area contributed by atoms with E-state index in [1.807, 2.05) is 22.7 Å². The van der Waals surface area contributed by atoms with E-state index in [9.17, 15) is 0 Å². The smallest absolute Gasteiger partial charge is 0.252 e. The molecule has 9 aromatic carbocycles. The highest BCUT2D eigenvalue weighted by Gasteiger charge is 2.60. The van der Waals surface area contributed by atoms with Crippen LogP contribution in [0.25, 0.3) is 40.3 Å². The summed E-state index contributed by atoms with van der Waals surface area (Å²) in [5.74, 6) is 0. The largest absolute Gasteiger partial charge is 0.334 e. The Kier molecular flexibility index (Phi) is 11.0. The van der Waals surface area contributed by atoms with E-state index in [-0.39, 0.29) is 39.5 Å². The fourth-order valence-corrected chi connectivity index (χ4v) is 20.2. The molecule has 2 aromatic heterocycles. The van der Waals surface area contributed by atoms with Gasteiger partial charge in [0.15, 0.2) is 0 Å². The first-order valence-corrected chi connectivity index (χ1v) is 33.7. The van der Waals surface area contributed by atoms with Crippen molar-refractivity contribution in [2.24, 2.45) is 0 Å². The molecule has 2 fully saturated rings. The van der Waals surface area contributed by atoms with Crippen molar-refractivity contribution in [1.29, 1.82) is 0 Å². The zero-order valence-corrected chi connectivity index (χ0v) is 53.6. The normalized spacial score (nSPS) is 23.0. The molecule has 2 aliphatic carbocycles. The molecule has 2 saturated carbocycles. The highest BCUT2D eigenvalue weighted by Crippen LogP contribution is 2.64. The first-order chi connectivity index (χ1) is 41.3. The van der Waals surface area contributed by atoms with Crippen LogP contribution in [0.4, 0.5) is 56.9 Å². The molecular formula is C79H77BN4S2. The molecule has 4 atom stereocenters. The van der Waals surface area contributed by atoms with E-state index in [0.717, 1.165) is 12.8 Å². The van der Waals surface area contributed by atoms with Crippen molar-refractivity contribution >= 4 is 143 Å². The minimum Gasteiger partial charge on any atom is -0.334 e. The number of hydrogen-bond donors (Lipinski definition) is 0. The maximum absolute atomic E-state index is 2.81. The number of hydrogen-bond acceptors (Lipinski definition) is 6. The van der Waals surface area contributed by atoms with Gasteiger partial charge in [-0.05, 0) is 186 Å². The van der Waals surface area contributed by atoms with Crippen molar-refractivity contribution in [3.63, 3.8) is 0 Å². The summed E-state index contributed by atoms with van der Waals surface area (Å²) < 4.78 is 5.30. The maximum Gasteiger partial charge on any atom is 0.252 e. The molecule has 6 aliphatic rings. The third kappa shape index (κ3) is 7.05. The summed E-state index contributed by atoms with van der Waals surface area (Å²) >= 11 is 3.84. The Morgan fingerprint density at radius 3 is 1.47 bits per heavy atom. The van der Waals surface area contributed by atoms with Crippen molar-refractivity contribution in [3.8, 4) is 0 Å². The molecule has 4 nitrogen and oxygen atoms in total. The fraction of sp³-hybridized carbons (Fsp3) is 0.316. The van der Waals surface area contributed by atoms with Crippen LogP contribution < -0.4 is 36.0 Å². The molecule has 11 aromatic rings. The van der Waals surface area contributed by atoms with Crippen molar-refractivity contribution in [2.75, 3.05) is 19.6 Å². The summed E-state index contributed by atoms with van der Waals surface area (Å²) in [7, 11) is 0. The molecule has 86 heavy (non-hydrogen) atoms. The van der Waals surface area contributed by atoms with E-state index < -0.39 is 0 Å². The van der Waals surface area contributed by atoms with Crippen molar-refractivity contribution < 1.29 is 0 Å². The average molecular weight is 1160 g/mol. The summed E-state index contributed by atoms with van der Waals surface area (Å²) in [4.78, 5) is 11.0. The summed E-state index contributed by atoms with van der Waals surface area (Å²) in [6.45, 7) is 26.9. The van der Waals surface area contributed by atoms with Crippen LogP contribution >= 0.6 is 22.7 Å². The van der Waals surface area contributed by atoms with Crippen molar-refractivity contribution in [3.05, 3.63) is 198 Å². The molecule has 17 rings (SSSR count). The highest BCUT2D eigenvalue weighted by atomic mass is 32.1. The maximum atomic E-state index is 2.81.